The Morgan fingerprint density at radius 3 is 2.70 bits per heavy atom. The summed E-state index contributed by atoms with van der Waals surface area (Å²) >= 11 is 5.97. The molecule has 0 spiro atoms. The number of para-hydroxylation sites is 1. The number of aliphatic imine (C=N–C) groups is 1. The van der Waals surface area contributed by atoms with E-state index in [4.69, 9.17) is 17.3 Å². The molecular formula is C15H13ClFN3. The third-order valence-corrected chi connectivity index (χ3v) is 3.57. The third kappa shape index (κ3) is 2.23. The molecule has 102 valence electrons. The van der Waals surface area contributed by atoms with Crippen LogP contribution in [0.5, 0.6) is 0 Å². The first-order valence-electron chi connectivity index (χ1n) is 6.26. The molecule has 0 saturated carbocycles. The van der Waals surface area contributed by atoms with Crippen LogP contribution in [0.25, 0.3) is 0 Å². The fourth-order valence-corrected chi connectivity index (χ4v) is 2.59. The summed E-state index contributed by atoms with van der Waals surface area (Å²) in [5, 5.41) is 0.500. The van der Waals surface area contributed by atoms with Gasteiger partial charge in [0.15, 0.2) is 5.96 Å². The number of halogens is 2. The largest absolute Gasteiger partial charge is 0.369 e. The Kier molecular flexibility index (Phi) is 3.32. The van der Waals surface area contributed by atoms with E-state index in [1.807, 2.05) is 35.2 Å². The van der Waals surface area contributed by atoms with E-state index >= 15 is 0 Å². The smallest absolute Gasteiger partial charge is 0.196 e. The fourth-order valence-electron chi connectivity index (χ4n) is 2.41. The van der Waals surface area contributed by atoms with Crippen LogP contribution < -0.4 is 10.6 Å². The number of hydrogen-bond acceptors (Lipinski definition) is 3. The molecular weight excluding hydrogens is 277 g/mol. The lowest BCUT2D eigenvalue weighted by Gasteiger charge is -2.27. The van der Waals surface area contributed by atoms with E-state index in [0.29, 0.717) is 23.1 Å². The maximum Gasteiger partial charge on any atom is 0.196 e. The first-order chi connectivity index (χ1) is 9.66. The molecule has 0 amide bonds. The first-order valence-corrected chi connectivity index (χ1v) is 6.64. The highest BCUT2D eigenvalue weighted by Crippen LogP contribution is 2.33. The minimum absolute atomic E-state index is 0.268. The molecule has 0 aromatic heterocycles. The van der Waals surface area contributed by atoms with Gasteiger partial charge in [-0.3, -0.25) is 4.99 Å². The van der Waals surface area contributed by atoms with Crippen LogP contribution in [0.4, 0.5) is 10.1 Å². The molecule has 0 fully saturated rings. The van der Waals surface area contributed by atoms with E-state index in [-0.39, 0.29) is 11.9 Å². The molecule has 0 radical (unpaired) electrons. The SMILES string of the molecule is NC1=NCC(c2cc(Cl)ccc2F)N1c1ccccc1. The molecule has 0 bridgehead atoms. The van der Waals surface area contributed by atoms with Gasteiger partial charge in [-0.25, -0.2) is 4.39 Å². The summed E-state index contributed by atoms with van der Waals surface area (Å²) < 4.78 is 14.1. The van der Waals surface area contributed by atoms with Crippen molar-refractivity contribution in [1.82, 2.24) is 0 Å². The van der Waals surface area contributed by atoms with Gasteiger partial charge >= 0.3 is 0 Å². The molecule has 2 aromatic rings. The van der Waals surface area contributed by atoms with Gasteiger partial charge in [-0.15, -0.1) is 0 Å². The number of rotatable bonds is 2. The van der Waals surface area contributed by atoms with Crippen LogP contribution in [0.2, 0.25) is 5.02 Å². The minimum atomic E-state index is -0.301. The van der Waals surface area contributed by atoms with Crippen LogP contribution in [0.3, 0.4) is 0 Å². The second-order valence-corrected chi connectivity index (χ2v) is 5.02. The summed E-state index contributed by atoms with van der Waals surface area (Å²) in [6, 6.07) is 13.8. The number of hydrogen-bond donors (Lipinski definition) is 1. The van der Waals surface area contributed by atoms with Crippen LogP contribution in [-0.4, -0.2) is 12.5 Å². The van der Waals surface area contributed by atoms with E-state index in [1.54, 1.807) is 6.07 Å². The molecule has 1 aliphatic rings. The predicted molar refractivity (Wildman–Crippen MR) is 79.6 cm³/mol. The summed E-state index contributed by atoms with van der Waals surface area (Å²) in [5.74, 6) is 0.0887. The molecule has 0 aliphatic carbocycles. The van der Waals surface area contributed by atoms with Crippen LogP contribution in [0.1, 0.15) is 11.6 Å². The zero-order chi connectivity index (χ0) is 14.1. The van der Waals surface area contributed by atoms with Gasteiger partial charge in [-0.1, -0.05) is 29.8 Å². The number of guanidine groups is 1. The number of nitrogens with two attached hydrogens (primary N) is 1. The summed E-state index contributed by atoms with van der Waals surface area (Å²) in [6.07, 6.45) is 0. The highest BCUT2D eigenvalue weighted by Gasteiger charge is 2.30. The van der Waals surface area contributed by atoms with Gasteiger partial charge in [0.2, 0.25) is 0 Å². The lowest BCUT2D eigenvalue weighted by atomic mass is 10.0. The van der Waals surface area contributed by atoms with Crippen molar-refractivity contribution in [3.05, 3.63) is 64.9 Å². The normalized spacial score (nSPS) is 18.2. The number of benzene rings is 2. The molecule has 1 atom stereocenters. The Morgan fingerprint density at radius 2 is 1.95 bits per heavy atom. The Balaban J connectivity index is 2.04. The van der Waals surface area contributed by atoms with Crippen molar-refractivity contribution in [3.8, 4) is 0 Å². The molecule has 5 heteroatoms. The average Bonchev–Trinajstić information content (AvgIpc) is 2.84. The van der Waals surface area contributed by atoms with E-state index < -0.39 is 0 Å². The maximum atomic E-state index is 14.1. The van der Waals surface area contributed by atoms with Gasteiger partial charge < -0.3 is 10.6 Å². The Hall–Kier alpha value is -2.07. The van der Waals surface area contributed by atoms with E-state index in [1.165, 1.54) is 12.1 Å². The second-order valence-electron chi connectivity index (χ2n) is 4.59. The zero-order valence-corrected chi connectivity index (χ0v) is 11.4. The van der Waals surface area contributed by atoms with E-state index in [0.717, 1.165) is 5.69 Å². The topological polar surface area (TPSA) is 41.6 Å². The fraction of sp³-hybridized carbons (Fsp3) is 0.133. The summed E-state index contributed by atoms with van der Waals surface area (Å²) in [7, 11) is 0. The minimum Gasteiger partial charge on any atom is -0.369 e. The van der Waals surface area contributed by atoms with Gasteiger partial charge in [0.05, 0.1) is 12.6 Å². The van der Waals surface area contributed by atoms with Crippen molar-refractivity contribution < 1.29 is 4.39 Å². The molecule has 3 nitrogen and oxygen atoms in total. The number of nitrogens with zero attached hydrogens (tertiary/aromatic N) is 2. The van der Waals surface area contributed by atoms with Crippen molar-refractivity contribution >= 4 is 23.2 Å². The van der Waals surface area contributed by atoms with Crippen LogP contribution in [0, 0.1) is 5.82 Å². The predicted octanol–water partition coefficient (Wildman–Crippen LogP) is 3.36. The molecule has 1 aliphatic heterocycles. The van der Waals surface area contributed by atoms with Gasteiger partial charge in [0, 0.05) is 16.3 Å². The van der Waals surface area contributed by atoms with Gasteiger partial charge in [-0.05, 0) is 30.3 Å². The van der Waals surface area contributed by atoms with Crippen molar-refractivity contribution in [1.29, 1.82) is 0 Å². The molecule has 3 rings (SSSR count). The monoisotopic (exact) mass is 289 g/mol. The second kappa shape index (κ2) is 5.13. The average molecular weight is 290 g/mol. The standard InChI is InChI=1S/C15H13ClFN3/c16-10-6-7-13(17)12(8-10)14-9-19-15(18)20(14)11-4-2-1-3-5-11/h1-8,14H,9H2,(H2,18,19). The summed E-state index contributed by atoms with van der Waals surface area (Å²) in [4.78, 5) is 6.06. The lowest BCUT2D eigenvalue weighted by Crippen LogP contribution is -2.36. The lowest BCUT2D eigenvalue weighted by molar-refractivity contribution is 0.589. The van der Waals surface area contributed by atoms with E-state index in [2.05, 4.69) is 4.99 Å². The molecule has 20 heavy (non-hydrogen) atoms. The van der Waals surface area contributed by atoms with Crippen LogP contribution in [-0.2, 0) is 0 Å². The van der Waals surface area contributed by atoms with Crippen molar-refractivity contribution in [2.24, 2.45) is 10.7 Å². The Labute approximate surface area is 121 Å². The Morgan fingerprint density at radius 1 is 1.20 bits per heavy atom. The first kappa shape index (κ1) is 12.9. The van der Waals surface area contributed by atoms with Gasteiger partial charge in [-0.2, -0.15) is 0 Å². The molecule has 2 aromatic carbocycles. The van der Waals surface area contributed by atoms with Gasteiger partial charge in [0.25, 0.3) is 0 Å². The van der Waals surface area contributed by atoms with E-state index in [9.17, 15) is 4.39 Å². The molecule has 1 heterocycles. The summed E-state index contributed by atoms with van der Waals surface area (Å²) in [5.41, 5.74) is 7.34. The highest BCUT2D eigenvalue weighted by molar-refractivity contribution is 6.30. The maximum absolute atomic E-state index is 14.1. The number of anilines is 1. The van der Waals surface area contributed by atoms with Crippen LogP contribution in [0.15, 0.2) is 53.5 Å². The zero-order valence-electron chi connectivity index (χ0n) is 10.6. The van der Waals surface area contributed by atoms with Crippen LogP contribution >= 0.6 is 11.6 Å². The van der Waals surface area contributed by atoms with Gasteiger partial charge in [0.1, 0.15) is 5.82 Å². The highest BCUT2D eigenvalue weighted by atomic mass is 35.5. The summed E-state index contributed by atoms with van der Waals surface area (Å²) in [6.45, 7) is 0.415. The third-order valence-electron chi connectivity index (χ3n) is 3.34. The van der Waals surface area contributed by atoms with Crippen molar-refractivity contribution in [2.75, 3.05) is 11.4 Å². The van der Waals surface area contributed by atoms with Crippen molar-refractivity contribution in [2.45, 2.75) is 6.04 Å². The molecule has 1 unspecified atom stereocenters. The molecule has 0 saturated heterocycles. The Bertz CT molecular complexity index is 657. The quantitative estimate of drug-likeness (QED) is 0.921. The molecule has 2 N–H and O–H groups in total. The van der Waals surface area contributed by atoms with Crippen molar-refractivity contribution in [3.63, 3.8) is 0 Å².